The van der Waals surface area contributed by atoms with Crippen LogP contribution in [0.15, 0.2) is 77.5 Å². The summed E-state index contributed by atoms with van der Waals surface area (Å²) in [6.07, 6.45) is 1.98. The van der Waals surface area contributed by atoms with Gasteiger partial charge in [-0.2, -0.15) is 0 Å². The molecule has 3 heterocycles. The summed E-state index contributed by atoms with van der Waals surface area (Å²) < 4.78 is 8.85. The first-order valence-corrected chi connectivity index (χ1v) is 12.5. The van der Waals surface area contributed by atoms with Crippen LogP contribution in [0.25, 0.3) is 54.9 Å². The summed E-state index contributed by atoms with van der Waals surface area (Å²) in [5, 5.41) is 7.29. The topological polar surface area (TPSA) is 29.9 Å². The normalized spacial score (nSPS) is 17.9. The van der Waals surface area contributed by atoms with Crippen molar-refractivity contribution in [3.05, 3.63) is 84.2 Å². The minimum Gasteiger partial charge on any atom is -0.418 e. The molecule has 0 spiro atoms. The molecule has 0 saturated heterocycles. The van der Waals surface area contributed by atoms with Crippen LogP contribution in [0.1, 0.15) is 57.7 Å². The molecule has 1 aliphatic rings. The number of hydrogen-bond donors (Lipinski definition) is 0. The first-order valence-electron chi connectivity index (χ1n) is 12.5. The minimum absolute atomic E-state index is 0.0204. The molecule has 35 heavy (non-hydrogen) atoms. The Bertz CT molecular complexity index is 1820. The monoisotopic (exact) mass is 457 g/mol. The molecule has 172 valence electrons. The van der Waals surface area contributed by atoms with Crippen LogP contribution in [0.2, 0.25) is 0 Å². The van der Waals surface area contributed by atoms with Gasteiger partial charge in [-0.15, -0.1) is 0 Å². The molecule has 6 aromatic rings. The van der Waals surface area contributed by atoms with Crippen LogP contribution in [0, 0.1) is 0 Å². The van der Waals surface area contributed by atoms with Gasteiger partial charge in [-0.1, -0.05) is 82.3 Å². The first kappa shape index (κ1) is 20.6. The van der Waals surface area contributed by atoms with E-state index >= 15 is 0 Å². The number of hydrogen-bond acceptors (Lipinski definition) is 2. The predicted molar refractivity (Wildman–Crippen MR) is 144 cm³/mol. The second-order valence-corrected chi connectivity index (χ2v) is 11.2. The third-order valence-corrected chi connectivity index (χ3v) is 8.12. The molecule has 2 atom stereocenters. The molecule has 0 amide bonds. The predicted octanol–water partition coefficient (Wildman–Crippen LogP) is 8.22. The van der Waals surface area contributed by atoms with Gasteiger partial charge in [0, 0.05) is 22.3 Å². The van der Waals surface area contributed by atoms with Crippen molar-refractivity contribution in [2.45, 2.75) is 52.0 Å². The van der Waals surface area contributed by atoms with Crippen molar-refractivity contribution >= 4 is 43.6 Å². The van der Waals surface area contributed by atoms with Crippen LogP contribution in [-0.2, 0) is 5.41 Å². The molecule has 0 aliphatic carbocycles. The number of benzene rings is 4. The van der Waals surface area contributed by atoms with Gasteiger partial charge in [0.1, 0.15) is 17.0 Å². The first-order chi connectivity index (χ1) is 16.8. The zero-order valence-corrected chi connectivity index (χ0v) is 20.9. The second-order valence-electron chi connectivity index (χ2n) is 11.2. The molecular formula is C32H29N2O+. The molecule has 3 nitrogen and oxygen atoms in total. The summed E-state index contributed by atoms with van der Waals surface area (Å²) in [5.41, 5.74) is 6.99. The van der Waals surface area contributed by atoms with Gasteiger partial charge in [0.05, 0.1) is 0 Å². The van der Waals surface area contributed by atoms with Crippen molar-refractivity contribution in [1.82, 2.24) is 4.98 Å². The molecule has 2 aromatic heterocycles. The van der Waals surface area contributed by atoms with Crippen LogP contribution in [-0.4, -0.2) is 4.98 Å². The molecule has 2 unspecified atom stereocenters. The van der Waals surface area contributed by atoms with Gasteiger partial charge >= 0.3 is 5.71 Å². The van der Waals surface area contributed by atoms with Crippen LogP contribution in [0.4, 0.5) is 0 Å². The van der Waals surface area contributed by atoms with Gasteiger partial charge in [0.15, 0.2) is 5.69 Å². The van der Waals surface area contributed by atoms with E-state index in [1.807, 2.05) is 6.33 Å². The third-order valence-electron chi connectivity index (χ3n) is 8.12. The van der Waals surface area contributed by atoms with Crippen molar-refractivity contribution in [2.75, 3.05) is 0 Å². The van der Waals surface area contributed by atoms with Gasteiger partial charge in [-0.05, 0) is 56.7 Å². The Hall–Kier alpha value is -3.72. The fourth-order valence-electron chi connectivity index (χ4n) is 6.20. The lowest BCUT2D eigenvalue weighted by Gasteiger charge is -2.32. The molecule has 4 aromatic carbocycles. The lowest BCUT2D eigenvalue weighted by atomic mass is 9.75. The lowest BCUT2D eigenvalue weighted by molar-refractivity contribution is -0.715. The molecule has 0 radical (unpaired) electrons. The molecular weight excluding hydrogens is 428 g/mol. The quantitative estimate of drug-likeness (QED) is 0.215. The van der Waals surface area contributed by atoms with Crippen LogP contribution < -0.4 is 4.57 Å². The Labute approximate surface area is 205 Å². The average Bonchev–Trinajstić information content (AvgIpc) is 3.24. The summed E-state index contributed by atoms with van der Waals surface area (Å²) in [7, 11) is 0. The summed E-state index contributed by atoms with van der Waals surface area (Å²) >= 11 is 0. The highest BCUT2D eigenvalue weighted by molar-refractivity contribution is 6.17. The molecule has 7 rings (SSSR count). The molecule has 0 bridgehead atoms. The van der Waals surface area contributed by atoms with Gasteiger partial charge in [0.2, 0.25) is 0 Å². The van der Waals surface area contributed by atoms with Crippen LogP contribution in [0.3, 0.4) is 0 Å². The highest BCUT2D eigenvalue weighted by atomic mass is 16.3. The smallest absolute Gasteiger partial charge is 0.345 e. The van der Waals surface area contributed by atoms with Gasteiger partial charge in [-0.25, -0.2) is 4.57 Å². The standard InChI is InChI=1S/C32H29N2O/c1-18-19(2)34-17-33-31-28(24-15-14-20-10-6-7-11-21(20)30(24)35-31)29(34)25-16-26(32(3,4)5)22-12-8-9-13-23(22)27(18)25/h6-19H,1-5H3/q+1. The Balaban J connectivity index is 1.70. The Morgan fingerprint density at radius 2 is 1.54 bits per heavy atom. The molecule has 3 heteroatoms. The second kappa shape index (κ2) is 6.91. The molecule has 1 aliphatic heterocycles. The largest absolute Gasteiger partial charge is 0.418 e. The van der Waals surface area contributed by atoms with Crippen molar-refractivity contribution in [3.8, 4) is 11.3 Å². The highest BCUT2D eigenvalue weighted by Crippen LogP contribution is 2.48. The van der Waals surface area contributed by atoms with Gasteiger partial charge < -0.3 is 4.42 Å². The fourth-order valence-corrected chi connectivity index (χ4v) is 6.20. The minimum atomic E-state index is 0.0204. The van der Waals surface area contributed by atoms with Crippen molar-refractivity contribution in [3.63, 3.8) is 0 Å². The maximum absolute atomic E-state index is 6.47. The van der Waals surface area contributed by atoms with E-state index < -0.39 is 0 Å². The maximum atomic E-state index is 6.47. The van der Waals surface area contributed by atoms with Crippen molar-refractivity contribution in [1.29, 1.82) is 0 Å². The van der Waals surface area contributed by atoms with Crippen molar-refractivity contribution < 1.29 is 8.98 Å². The number of aromatic nitrogens is 2. The summed E-state index contributed by atoms with van der Waals surface area (Å²) in [5.74, 6) is 0.361. The van der Waals surface area contributed by atoms with E-state index in [-0.39, 0.29) is 11.5 Å². The van der Waals surface area contributed by atoms with E-state index in [2.05, 4.69) is 106 Å². The van der Waals surface area contributed by atoms with E-state index in [1.54, 1.807) is 0 Å². The summed E-state index contributed by atoms with van der Waals surface area (Å²) in [6, 6.07) is 24.5. The number of fused-ring (bicyclic) bond motifs is 11. The fraction of sp³-hybridized carbons (Fsp3) is 0.250. The van der Waals surface area contributed by atoms with E-state index in [4.69, 9.17) is 9.40 Å². The van der Waals surface area contributed by atoms with Gasteiger partial charge in [0.25, 0.3) is 6.33 Å². The number of nitrogens with zero attached hydrogens (tertiary/aromatic N) is 2. The SMILES string of the molecule is CC1c2c(cc(C(C)(C)C)c3ccccc23)-c2c3c(nc[n+]2C1C)oc1c2ccccc2ccc13. The van der Waals surface area contributed by atoms with E-state index in [9.17, 15) is 0 Å². The zero-order chi connectivity index (χ0) is 24.1. The third kappa shape index (κ3) is 2.72. The number of furan rings is 1. The highest BCUT2D eigenvalue weighted by Gasteiger charge is 2.38. The summed E-state index contributed by atoms with van der Waals surface area (Å²) in [4.78, 5) is 4.83. The Kier molecular flexibility index (Phi) is 4.08. The lowest BCUT2D eigenvalue weighted by Crippen LogP contribution is -2.46. The number of rotatable bonds is 0. The van der Waals surface area contributed by atoms with Crippen molar-refractivity contribution in [2.24, 2.45) is 0 Å². The van der Waals surface area contributed by atoms with Gasteiger partial charge in [-0.3, -0.25) is 0 Å². The van der Waals surface area contributed by atoms with Crippen LogP contribution in [0.5, 0.6) is 0 Å². The Morgan fingerprint density at radius 3 is 2.31 bits per heavy atom. The van der Waals surface area contributed by atoms with E-state index in [0.717, 1.165) is 21.7 Å². The molecule has 0 N–H and O–H groups in total. The maximum Gasteiger partial charge on any atom is 0.345 e. The van der Waals surface area contributed by atoms with E-state index in [0.29, 0.717) is 11.6 Å². The average molecular weight is 458 g/mol. The molecule has 0 saturated carbocycles. The zero-order valence-electron chi connectivity index (χ0n) is 20.9. The Morgan fingerprint density at radius 1 is 0.829 bits per heavy atom. The van der Waals surface area contributed by atoms with Crippen LogP contribution >= 0.6 is 0 Å². The molecule has 0 fully saturated rings. The van der Waals surface area contributed by atoms with E-state index in [1.165, 1.54) is 38.5 Å². The summed E-state index contributed by atoms with van der Waals surface area (Å²) in [6.45, 7) is 11.6.